The fraction of sp³-hybridized carbons (Fsp3) is 0.600. The molecular formula is C20H35N. The highest BCUT2D eigenvalue weighted by atomic mass is 14.5. The minimum Gasteiger partial charge on any atom is -0.330 e. The van der Waals surface area contributed by atoms with Gasteiger partial charge >= 0.3 is 0 Å². The van der Waals surface area contributed by atoms with Crippen LogP contribution >= 0.6 is 0 Å². The predicted molar refractivity (Wildman–Crippen MR) is 97.5 cm³/mol. The van der Waals surface area contributed by atoms with Gasteiger partial charge in [-0.15, -0.1) is 0 Å². The molecule has 0 aromatic heterocycles. The van der Waals surface area contributed by atoms with Gasteiger partial charge in [-0.1, -0.05) is 62.0 Å². The maximum absolute atomic E-state index is 5.44. The molecule has 120 valence electrons. The Kier molecular flexibility index (Phi) is 17.9. The van der Waals surface area contributed by atoms with Crippen LogP contribution in [0.25, 0.3) is 0 Å². The first-order chi connectivity index (χ1) is 10.4. The molecule has 0 aliphatic carbocycles. The van der Waals surface area contributed by atoms with E-state index in [4.69, 9.17) is 5.73 Å². The van der Waals surface area contributed by atoms with Gasteiger partial charge in [0.25, 0.3) is 0 Å². The van der Waals surface area contributed by atoms with E-state index in [-0.39, 0.29) is 0 Å². The summed E-state index contributed by atoms with van der Waals surface area (Å²) in [4.78, 5) is 0. The molecule has 0 unspecified atom stereocenters. The van der Waals surface area contributed by atoms with Crippen molar-refractivity contribution in [2.75, 3.05) is 6.54 Å². The summed E-state index contributed by atoms with van der Waals surface area (Å²) in [5.41, 5.74) is 5.44. The van der Waals surface area contributed by atoms with Crippen LogP contribution in [-0.2, 0) is 0 Å². The SMILES string of the molecule is CCC/C=C/CC/C=C/CC/C=C/CC/C=C/CCCN. The van der Waals surface area contributed by atoms with E-state index in [1.807, 2.05) is 0 Å². The third-order valence-corrected chi connectivity index (χ3v) is 3.20. The Labute approximate surface area is 132 Å². The van der Waals surface area contributed by atoms with Crippen LogP contribution < -0.4 is 5.73 Å². The van der Waals surface area contributed by atoms with Crippen molar-refractivity contribution in [3.05, 3.63) is 48.6 Å². The van der Waals surface area contributed by atoms with Crippen molar-refractivity contribution in [3.63, 3.8) is 0 Å². The van der Waals surface area contributed by atoms with Gasteiger partial charge in [0.05, 0.1) is 0 Å². The zero-order chi connectivity index (χ0) is 15.4. The molecule has 1 nitrogen and oxygen atoms in total. The van der Waals surface area contributed by atoms with Crippen LogP contribution in [0.5, 0.6) is 0 Å². The number of allylic oxidation sites excluding steroid dienone is 8. The molecule has 0 aliphatic rings. The Morgan fingerprint density at radius 1 is 0.524 bits per heavy atom. The molecule has 2 N–H and O–H groups in total. The van der Waals surface area contributed by atoms with Gasteiger partial charge in [0.2, 0.25) is 0 Å². The van der Waals surface area contributed by atoms with E-state index in [1.54, 1.807) is 0 Å². The Morgan fingerprint density at radius 2 is 0.857 bits per heavy atom. The van der Waals surface area contributed by atoms with Gasteiger partial charge in [-0.05, 0) is 64.3 Å². The summed E-state index contributed by atoms with van der Waals surface area (Å²) in [5, 5.41) is 0. The predicted octanol–water partition coefficient (Wildman–Crippen LogP) is 6.09. The molecule has 0 radical (unpaired) electrons. The first-order valence-electron chi connectivity index (χ1n) is 8.71. The standard InChI is InChI=1S/C20H35N/c1-2-3-4-5-6-7-8-9-10-11-12-13-14-15-16-17-18-19-20-21/h4-5,8-9,12-13,16-17H,2-3,6-7,10-11,14-15,18-21H2,1H3/b5-4+,9-8+,13-12+,17-16+. The number of hydrogen-bond donors (Lipinski definition) is 1. The zero-order valence-electron chi connectivity index (χ0n) is 14.0. The van der Waals surface area contributed by atoms with Gasteiger partial charge in [-0.2, -0.15) is 0 Å². The largest absolute Gasteiger partial charge is 0.330 e. The number of unbranched alkanes of at least 4 members (excludes halogenated alkanes) is 5. The van der Waals surface area contributed by atoms with E-state index in [0.29, 0.717) is 0 Å². The van der Waals surface area contributed by atoms with Gasteiger partial charge < -0.3 is 5.73 Å². The van der Waals surface area contributed by atoms with E-state index >= 15 is 0 Å². The van der Waals surface area contributed by atoms with E-state index in [9.17, 15) is 0 Å². The second-order valence-corrected chi connectivity index (χ2v) is 5.34. The molecule has 0 saturated carbocycles. The van der Waals surface area contributed by atoms with E-state index in [2.05, 4.69) is 55.5 Å². The summed E-state index contributed by atoms with van der Waals surface area (Å²) < 4.78 is 0. The average molecular weight is 290 g/mol. The quantitative estimate of drug-likeness (QED) is 0.304. The van der Waals surface area contributed by atoms with Crippen molar-refractivity contribution < 1.29 is 0 Å². The van der Waals surface area contributed by atoms with Crippen LogP contribution in [0.4, 0.5) is 0 Å². The number of rotatable bonds is 14. The molecule has 0 fully saturated rings. The van der Waals surface area contributed by atoms with Gasteiger partial charge in [0.1, 0.15) is 0 Å². The third-order valence-electron chi connectivity index (χ3n) is 3.20. The molecule has 0 rings (SSSR count). The van der Waals surface area contributed by atoms with Crippen LogP contribution in [0, 0.1) is 0 Å². The van der Waals surface area contributed by atoms with Crippen LogP contribution in [0.2, 0.25) is 0 Å². The van der Waals surface area contributed by atoms with Crippen LogP contribution in [0.15, 0.2) is 48.6 Å². The second-order valence-electron chi connectivity index (χ2n) is 5.34. The summed E-state index contributed by atoms with van der Waals surface area (Å²) >= 11 is 0. The molecule has 0 amide bonds. The lowest BCUT2D eigenvalue weighted by Gasteiger charge is -1.91. The minimum atomic E-state index is 0.798. The first kappa shape index (κ1) is 19.9. The van der Waals surface area contributed by atoms with Gasteiger partial charge in [0, 0.05) is 0 Å². The normalized spacial score (nSPS) is 12.7. The van der Waals surface area contributed by atoms with Gasteiger partial charge in [-0.25, -0.2) is 0 Å². The highest BCUT2D eigenvalue weighted by molar-refractivity contribution is 4.92. The average Bonchev–Trinajstić information content (AvgIpc) is 2.50. The third kappa shape index (κ3) is 18.9. The molecule has 0 spiro atoms. The topological polar surface area (TPSA) is 26.0 Å². The van der Waals surface area contributed by atoms with Crippen molar-refractivity contribution in [2.24, 2.45) is 5.73 Å². The monoisotopic (exact) mass is 289 g/mol. The molecule has 0 atom stereocenters. The fourth-order valence-electron chi connectivity index (χ4n) is 1.92. The lowest BCUT2D eigenvalue weighted by molar-refractivity contribution is 0.850. The Bertz CT molecular complexity index is 297. The maximum atomic E-state index is 5.44. The highest BCUT2D eigenvalue weighted by Crippen LogP contribution is 2.01. The van der Waals surface area contributed by atoms with Gasteiger partial charge in [0.15, 0.2) is 0 Å². The van der Waals surface area contributed by atoms with Crippen molar-refractivity contribution in [3.8, 4) is 0 Å². The molecule has 0 saturated heterocycles. The summed E-state index contributed by atoms with van der Waals surface area (Å²) in [6.07, 6.45) is 30.0. The van der Waals surface area contributed by atoms with E-state index < -0.39 is 0 Å². The number of hydrogen-bond acceptors (Lipinski definition) is 1. The zero-order valence-corrected chi connectivity index (χ0v) is 14.0. The van der Waals surface area contributed by atoms with Crippen molar-refractivity contribution >= 4 is 0 Å². The Morgan fingerprint density at radius 3 is 1.19 bits per heavy atom. The fourth-order valence-corrected chi connectivity index (χ4v) is 1.92. The van der Waals surface area contributed by atoms with Crippen LogP contribution in [-0.4, -0.2) is 6.54 Å². The summed E-state index contributed by atoms with van der Waals surface area (Å²) in [6.45, 7) is 3.02. The summed E-state index contributed by atoms with van der Waals surface area (Å²) in [6, 6.07) is 0. The molecule has 1 heteroatoms. The molecule has 0 bridgehead atoms. The van der Waals surface area contributed by atoms with Crippen molar-refractivity contribution in [1.29, 1.82) is 0 Å². The van der Waals surface area contributed by atoms with Crippen LogP contribution in [0.1, 0.15) is 71.1 Å². The van der Waals surface area contributed by atoms with E-state index in [1.165, 1.54) is 38.5 Å². The van der Waals surface area contributed by atoms with Crippen molar-refractivity contribution in [2.45, 2.75) is 71.1 Å². The van der Waals surface area contributed by atoms with Crippen LogP contribution in [0.3, 0.4) is 0 Å². The van der Waals surface area contributed by atoms with Crippen molar-refractivity contribution in [1.82, 2.24) is 0 Å². The minimum absolute atomic E-state index is 0.798. The maximum Gasteiger partial charge on any atom is -0.00743 e. The number of nitrogens with two attached hydrogens (primary N) is 1. The molecule has 0 aliphatic heterocycles. The molecule has 21 heavy (non-hydrogen) atoms. The summed E-state index contributed by atoms with van der Waals surface area (Å²) in [5.74, 6) is 0. The van der Waals surface area contributed by atoms with E-state index in [0.717, 1.165) is 32.2 Å². The molecular weight excluding hydrogens is 254 g/mol. The lowest BCUT2D eigenvalue weighted by Crippen LogP contribution is -1.96. The molecule has 0 aromatic carbocycles. The first-order valence-corrected chi connectivity index (χ1v) is 8.71. The Balaban J connectivity index is 3.29. The molecule has 0 heterocycles. The lowest BCUT2D eigenvalue weighted by atomic mass is 10.2. The summed E-state index contributed by atoms with van der Waals surface area (Å²) in [7, 11) is 0. The molecule has 0 aromatic rings. The smallest absolute Gasteiger partial charge is 0.00743 e. The second kappa shape index (κ2) is 18.9. The highest BCUT2D eigenvalue weighted by Gasteiger charge is 1.81. The van der Waals surface area contributed by atoms with Gasteiger partial charge in [-0.3, -0.25) is 0 Å². The Hall–Kier alpha value is -1.08.